The lowest BCUT2D eigenvalue weighted by Crippen LogP contribution is -1.92. The van der Waals surface area contributed by atoms with Gasteiger partial charge < -0.3 is 9.90 Å². The molecule has 0 aromatic carbocycles. The Morgan fingerprint density at radius 1 is 1.60 bits per heavy atom. The fraction of sp³-hybridized carbons (Fsp3) is 0.375. The average Bonchev–Trinajstić information content (AvgIpc) is 1.93. The van der Waals surface area contributed by atoms with Gasteiger partial charge in [-0.15, -0.1) is 6.58 Å². The van der Waals surface area contributed by atoms with Crippen molar-refractivity contribution < 1.29 is 9.90 Å². The zero-order chi connectivity index (χ0) is 8.41. The molecule has 1 N–H and O–H groups in total. The van der Waals surface area contributed by atoms with Crippen LogP contribution >= 0.6 is 0 Å². The standard InChI is InChI=1S/C6H10O.C2H4O/c1-3-6(4-2)5-7;1-2-3/h3,5-6H,1,4H2,2H3;2-3H,1H2. The summed E-state index contributed by atoms with van der Waals surface area (Å²) in [4.78, 5) is 9.90. The van der Waals surface area contributed by atoms with Crippen LogP contribution in [0.5, 0.6) is 0 Å². The van der Waals surface area contributed by atoms with Crippen LogP contribution in [0.3, 0.4) is 0 Å². The van der Waals surface area contributed by atoms with E-state index in [1.165, 1.54) is 0 Å². The van der Waals surface area contributed by atoms with Crippen molar-refractivity contribution in [3.8, 4) is 0 Å². The molecule has 0 fully saturated rings. The molecular weight excluding hydrogens is 128 g/mol. The smallest absolute Gasteiger partial charge is 0.126 e. The van der Waals surface area contributed by atoms with Crippen molar-refractivity contribution in [3.05, 3.63) is 25.5 Å². The molecule has 0 saturated heterocycles. The summed E-state index contributed by atoms with van der Waals surface area (Å²) in [5, 5.41) is 7.33. The van der Waals surface area contributed by atoms with Gasteiger partial charge in [-0.3, -0.25) is 0 Å². The number of rotatable bonds is 3. The Bertz CT molecular complexity index is 89.4. The summed E-state index contributed by atoms with van der Waals surface area (Å²) in [7, 11) is 0. The lowest BCUT2D eigenvalue weighted by molar-refractivity contribution is -0.109. The minimum atomic E-state index is 0.0694. The average molecular weight is 142 g/mol. The number of aldehydes is 1. The molecule has 10 heavy (non-hydrogen) atoms. The van der Waals surface area contributed by atoms with Crippen molar-refractivity contribution in [2.45, 2.75) is 13.3 Å². The van der Waals surface area contributed by atoms with Crippen LogP contribution in [0.2, 0.25) is 0 Å². The Labute approximate surface area is 61.9 Å². The van der Waals surface area contributed by atoms with Crippen molar-refractivity contribution in [2.75, 3.05) is 0 Å². The summed E-state index contributed by atoms with van der Waals surface area (Å²) >= 11 is 0. The first-order chi connectivity index (χ1) is 4.76. The topological polar surface area (TPSA) is 37.3 Å². The quantitative estimate of drug-likeness (QED) is 0.372. The van der Waals surface area contributed by atoms with E-state index in [1.54, 1.807) is 6.08 Å². The van der Waals surface area contributed by atoms with Crippen LogP contribution in [0.25, 0.3) is 0 Å². The number of allylic oxidation sites excluding steroid dienone is 1. The highest BCUT2D eigenvalue weighted by atomic mass is 16.2. The minimum Gasteiger partial charge on any atom is -0.516 e. The molecule has 0 amide bonds. The molecule has 0 aliphatic rings. The van der Waals surface area contributed by atoms with Crippen LogP contribution in [0, 0.1) is 5.92 Å². The van der Waals surface area contributed by atoms with Crippen molar-refractivity contribution >= 4 is 6.29 Å². The van der Waals surface area contributed by atoms with Crippen molar-refractivity contribution in [3.63, 3.8) is 0 Å². The number of carbonyl (C=O) groups is 1. The van der Waals surface area contributed by atoms with Gasteiger partial charge in [0.2, 0.25) is 0 Å². The molecule has 0 spiro atoms. The van der Waals surface area contributed by atoms with Crippen LogP contribution in [-0.2, 0) is 4.79 Å². The first kappa shape index (κ1) is 11.7. The van der Waals surface area contributed by atoms with E-state index in [1.807, 2.05) is 6.92 Å². The van der Waals surface area contributed by atoms with Gasteiger partial charge >= 0.3 is 0 Å². The molecule has 0 heterocycles. The van der Waals surface area contributed by atoms with Gasteiger partial charge in [0.05, 0.1) is 6.26 Å². The molecule has 58 valence electrons. The Morgan fingerprint density at radius 3 is 2.00 bits per heavy atom. The lowest BCUT2D eigenvalue weighted by atomic mass is 10.1. The monoisotopic (exact) mass is 142 g/mol. The van der Waals surface area contributed by atoms with Gasteiger partial charge in [-0.25, -0.2) is 0 Å². The normalized spacial score (nSPS) is 10.1. The van der Waals surface area contributed by atoms with Crippen LogP contribution in [0.1, 0.15) is 13.3 Å². The third kappa shape index (κ3) is 10.0. The van der Waals surface area contributed by atoms with E-state index in [0.29, 0.717) is 0 Å². The third-order valence-electron chi connectivity index (χ3n) is 0.949. The summed E-state index contributed by atoms with van der Waals surface area (Å²) in [6.07, 6.45) is 4.19. The molecule has 0 aromatic heterocycles. The second-order valence-electron chi connectivity index (χ2n) is 1.63. The highest BCUT2D eigenvalue weighted by molar-refractivity contribution is 5.55. The Hall–Kier alpha value is -1.05. The largest absolute Gasteiger partial charge is 0.516 e. The second-order valence-corrected chi connectivity index (χ2v) is 1.63. The number of aliphatic hydroxyl groups excluding tert-OH is 1. The van der Waals surface area contributed by atoms with Gasteiger partial charge in [-0.05, 0) is 6.42 Å². The Balaban J connectivity index is 0. The maximum atomic E-state index is 9.90. The maximum absolute atomic E-state index is 9.90. The van der Waals surface area contributed by atoms with Crippen molar-refractivity contribution in [1.29, 1.82) is 0 Å². The summed E-state index contributed by atoms with van der Waals surface area (Å²) < 4.78 is 0. The molecule has 2 heteroatoms. The molecule has 1 unspecified atom stereocenters. The maximum Gasteiger partial charge on any atom is 0.126 e. The number of aliphatic hydroxyl groups is 1. The molecule has 0 bridgehead atoms. The zero-order valence-electron chi connectivity index (χ0n) is 6.29. The van der Waals surface area contributed by atoms with Crippen LogP contribution in [0.4, 0.5) is 0 Å². The van der Waals surface area contributed by atoms with E-state index >= 15 is 0 Å². The SMILES string of the molecule is C=CC(C=O)CC.C=CO. The van der Waals surface area contributed by atoms with Gasteiger partial charge in [0, 0.05) is 5.92 Å². The van der Waals surface area contributed by atoms with Crippen LogP contribution < -0.4 is 0 Å². The predicted octanol–water partition coefficient (Wildman–Crippen LogP) is 2.09. The van der Waals surface area contributed by atoms with Gasteiger partial charge in [-0.1, -0.05) is 19.6 Å². The lowest BCUT2D eigenvalue weighted by Gasteiger charge is -1.92. The van der Waals surface area contributed by atoms with E-state index in [2.05, 4.69) is 13.2 Å². The summed E-state index contributed by atoms with van der Waals surface area (Å²) in [5.74, 6) is 0.0694. The van der Waals surface area contributed by atoms with Crippen molar-refractivity contribution in [2.24, 2.45) is 5.92 Å². The van der Waals surface area contributed by atoms with Crippen LogP contribution in [-0.4, -0.2) is 11.4 Å². The second kappa shape index (κ2) is 10.8. The zero-order valence-corrected chi connectivity index (χ0v) is 6.29. The highest BCUT2D eigenvalue weighted by Gasteiger charge is 1.92. The van der Waals surface area contributed by atoms with Gasteiger partial charge in [0.1, 0.15) is 6.29 Å². The molecule has 0 rings (SSSR count). The number of hydrogen-bond acceptors (Lipinski definition) is 2. The van der Waals surface area contributed by atoms with E-state index < -0.39 is 0 Å². The highest BCUT2D eigenvalue weighted by Crippen LogP contribution is 1.96. The summed E-state index contributed by atoms with van der Waals surface area (Å²) in [6.45, 7) is 8.35. The van der Waals surface area contributed by atoms with Gasteiger partial charge in [0.25, 0.3) is 0 Å². The van der Waals surface area contributed by atoms with E-state index in [9.17, 15) is 4.79 Å². The van der Waals surface area contributed by atoms with E-state index in [4.69, 9.17) is 5.11 Å². The minimum absolute atomic E-state index is 0.0694. The number of carbonyl (C=O) groups excluding carboxylic acids is 1. The van der Waals surface area contributed by atoms with E-state index in [0.717, 1.165) is 19.0 Å². The Morgan fingerprint density at radius 2 is 2.00 bits per heavy atom. The first-order valence-electron chi connectivity index (χ1n) is 3.09. The van der Waals surface area contributed by atoms with Crippen LogP contribution in [0.15, 0.2) is 25.5 Å². The fourth-order valence-electron chi connectivity index (χ4n) is 0.318. The van der Waals surface area contributed by atoms with E-state index in [-0.39, 0.29) is 5.92 Å². The fourth-order valence-corrected chi connectivity index (χ4v) is 0.318. The molecular formula is C8H14O2. The molecule has 1 atom stereocenters. The summed E-state index contributed by atoms with van der Waals surface area (Å²) in [6, 6.07) is 0. The number of hydrogen-bond donors (Lipinski definition) is 1. The van der Waals surface area contributed by atoms with Gasteiger partial charge in [0.15, 0.2) is 0 Å². The van der Waals surface area contributed by atoms with Crippen molar-refractivity contribution in [1.82, 2.24) is 0 Å². The molecule has 0 aromatic rings. The molecule has 0 radical (unpaired) electrons. The molecule has 0 aliphatic heterocycles. The van der Waals surface area contributed by atoms with Gasteiger partial charge in [-0.2, -0.15) is 0 Å². The summed E-state index contributed by atoms with van der Waals surface area (Å²) in [5.41, 5.74) is 0. The Kier molecular flexibility index (Phi) is 12.7. The first-order valence-corrected chi connectivity index (χ1v) is 3.09. The molecule has 2 nitrogen and oxygen atoms in total. The molecule has 0 aliphatic carbocycles. The predicted molar refractivity (Wildman–Crippen MR) is 42.9 cm³/mol. The third-order valence-corrected chi connectivity index (χ3v) is 0.949. The molecule has 0 saturated carbocycles.